The zero-order valence-corrected chi connectivity index (χ0v) is 11.6. The number of nitrogens with zero attached hydrogens (tertiary/aromatic N) is 3. The zero-order valence-electron chi connectivity index (χ0n) is 11.6. The molecule has 1 unspecified atom stereocenters. The van der Waals surface area contributed by atoms with Gasteiger partial charge < -0.3 is 5.32 Å². The van der Waals surface area contributed by atoms with Gasteiger partial charge in [-0.1, -0.05) is 18.2 Å². The maximum atomic E-state index is 14.0. The normalized spacial score (nSPS) is 16.3. The minimum Gasteiger partial charge on any atom is -0.313 e. The van der Waals surface area contributed by atoms with Gasteiger partial charge in [-0.3, -0.25) is 4.68 Å². The van der Waals surface area contributed by atoms with Crippen LogP contribution in [0.3, 0.4) is 0 Å². The number of nitrogens with one attached hydrogen (secondary N) is 1. The summed E-state index contributed by atoms with van der Waals surface area (Å²) in [6, 6.07) is 7.62. The van der Waals surface area contributed by atoms with Gasteiger partial charge in [-0.15, -0.1) is 0 Å². The predicted molar refractivity (Wildman–Crippen MR) is 74.9 cm³/mol. The van der Waals surface area contributed by atoms with Crippen LogP contribution >= 0.6 is 0 Å². The summed E-state index contributed by atoms with van der Waals surface area (Å²) < 4.78 is 15.8. The minimum absolute atomic E-state index is 0.0831. The maximum Gasteiger partial charge on any atom is 0.138 e. The smallest absolute Gasteiger partial charge is 0.138 e. The Kier molecular flexibility index (Phi) is 3.78. The molecule has 0 radical (unpaired) electrons. The summed E-state index contributed by atoms with van der Waals surface area (Å²) >= 11 is 0. The number of hydrogen-bond donors (Lipinski definition) is 1. The highest BCUT2D eigenvalue weighted by molar-refractivity contribution is 5.23. The van der Waals surface area contributed by atoms with Crippen LogP contribution in [-0.2, 0) is 13.5 Å². The maximum absolute atomic E-state index is 14.0. The van der Waals surface area contributed by atoms with E-state index in [1.807, 2.05) is 19.2 Å². The summed E-state index contributed by atoms with van der Waals surface area (Å²) in [4.78, 5) is 4.26. The van der Waals surface area contributed by atoms with Crippen LogP contribution < -0.4 is 5.32 Å². The quantitative estimate of drug-likeness (QED) is 0.876. The highest BCUT2D eigenvalue weighted by Gasteiger charge is 2.24. The molecular weight excluding hydrogens is 255 g/mol. The summed E-state index contributed by atoms with van der Waals surface area (Å²) in [7, 11) is 1.87. The Morgan fingerprint density at radius 1 is 1.40 bits per heavy atom. The first-order valence-electron chi connectivity index (χ1n) is 7.04. The number of rotatable bonds is 6. The lowest BCUT2D eigenvalue weighted by Gasteiger charge is -2.18. The number of aromatic nitrogens is 3. The minimum atomic E-state index is -0.141. The largest absolute Gasteiger partial charge is 0.313 e. The summed E-state index contributed by atoms with van der Waals surface area (Å²) in [5.41, 5.74) is 0.753. The standard InChI is InChI=1S/C15H19FN4/c1-20-15(18-10-19-20)8-11(9-17-12-6-7-12)13-4-2-3-5-14(13)16/h2-5,10-12,17H,6-9H2,1H3. The van der Waals surface area contributed by atoms with Gasteiger partial charge in [0.05, 0.1) is 0 Å². The van der Waals surface area contributed by atoms with Crippen LogP contribution in [0.5, 0.6) is 0 Å². The van der Waals surface area contributed by atoms with E-state index in [1.54, 1.807) is 17.1 Å². The Morgan fingerprint density at radius 2 is 2.20 bits per heavy atom. The highest BCUT2D eigenvalue weighted by atomic mass is 19.1. The molecule has 0 amide bonds. The third-order valence-electron chi connectivity index (χ3n) is 3.81. The summed E-state index contributed by atoms with van der Waals surface area (Å²) in [5.74, 6) is 0.827. The SMILES string of the molecule is Cn1ncnc1CC(CNC1CC1)c1ccccc1F. The van der Waals surface area contributed by atoms with Gasteiger partial charge in [-0.05, 0) is 24.5 Å². The number of aryl methyl sites for hydroxylation is 1. The first-order chi connectivity index (χ1) is 9.74. The molecule has 5 heteroatoms. The molecule has 4 nitrogen and oxygen atoms in total. The molecule has 0 aliphatic heterocycles. The van der Waals surface area contributed by atoms with Crippen LogP contribution in [0.25, 0.3) is 0 Å². The van der Waals surface area contributed by atoms with Crippen molar-refractivity contribution < 1.29 is 4.39 Å². The first-order valence-corrected chi connectivity index (χ1v) is 7.04. The van der Waals surface area contributed by atoms with E-state index in [2.05, 4.69) is 15.4 Å². The highest BCUT2D eigenvalue weighted by Crippen LogP contribution is 2.25. The number of benzene rings is 1. The molecular formula is C15H19FN4. The lowest BCUT2D eigenvalue weighted by atomic mass is 9.94. The first kappa shape index (κ1) is 13.2. The molecule has 0 saturated heterocycles. The van der Waals surface area contributed by atoms with E-state index in [1.165, 1.54) is 18.9 Å². The molecule has 1 heterocycles. The number of halogens is 1. The van der Waals surface area contributed by atoms with Crippen molar-refractivity contribution in [2.24, 2.45) is 7.05 Å². The average molecular weight is 274 g/mol. The average Bonchev–Trinajstić information content (AvgIpc) is 3.19. The summed E-state index contributed by atoms with van der Waals surface area (Å²) in [6.07, 6.45) is 4.70. The van der Waals surface area contributed by atoms with Crippen molar-refractivity contribution >= 4 is 0 Å². The molecule has 1 aromatic heterocycles. The summed E-state index contributed by atoms with van der Waals surface area (Å²) in [6.45, 7) is 0.776. The molecule has 1 aromatic carbocycles. The van der Waals surface area contributed by atoms with Crippen LogP contribution in [0.2, 0.25) is 0 Å². The lowest BCUT2D eigenvalue weighted by Crippen LogP contribution is -2.26. The molecule has 1 atom stereocenters. The van der Waals surface area contributed by atoms with Crippen molar-refractivity contribution in [3.8, 4) is 0 Å². The molecule has 2 aromatic rings. The van der Waals surface area contributed by atoms with Gasteiger partial charge in [0.25, 0.3) is 0 Å². The van der Waals surface area contributed by atoms with Gasteiger partial charge >= 0.3 is 0 Å². The molecule has 0 bridgehead atoms. The van der Waals surface area contributed by atoms with E-state index in [-0.39, 0.29) is 11.7 Å². The van der Waals surface area contributed by atoms with E-state index < -0.39 is 0 Å². The third-order valence-corrected chi connectivity index (χ3v) is 3.81. The van der Waals surface area contributed by atoms with E-state index >= 15 is 0 Å². The van der Waals surface area contributed by atoms with Crippen molar-refractivity contribution in [1.29, 1.82) is 0 Å². The molecule has 20 heavy (non-hydrogen) atoms. The molecule has 0 spiro atoms. The van der Waals surface area contributed by atoms with Crippen LogP contribution in [0.1, 0.15) is 30.1 Å². The Morgan fingerprint density at radius 3 is 2.85 bits per heavy atom. The fourth-order valence-electron chi connectivity index (χ4n) is 2.42. The summed E-state index contributed by atoms with van der Waals surface area (Å²) in [5, 5.41) is 7.57. The number of hydrogen-bond acceptors (Lipinski definition) is 3. The zero-order chi connectivity index (χ0) is 13.9. The Bertz CT molecular complexity index is 577. The van der Waals surface area contributed by atoms with Gasteiger partial charge in [0.1, 0.15) is 18.0 Å². The van der Waals surface area contributed by atoms with E-state index in [0.29, 0.717) is 12.5 Å². The van der Waals surface area contributed by atoms with Gasteiger partial charge in [-0.25, -0.2) is 9.37 Å². The van der Waals surface area contributed by atoms with E-state index in [0.717, 1.165) is 17.9 Å². The van der Waals surface area contributed by atoms with E-state index in [4.69, 9.17) is 0 Å². The molecule has 1 aliphatic rings. The second-order valence-corrected chi connectivity index (χ2v) is 5.40. The van der Waals surface area contributed by atoms with Crippen molar-refractivity contribution in [3.05, 3.63) is 47.8 Å². The monoisotopic (exact) mass is 274 g/mol. The lowest BCUT2D eigenvalue weighted by molar-refractivity contribution is 0.520. The van der Waals surface area contributed by atoms with Gasteiger partial charge in [0.2, 0.25) is 0 Å². The fourth-order valence-corrected chi connectivity index (χ4v) is 2.42. The van der Waals surface area contributed by atoms with Crippen LogP contribution in [0.4, 0.5) is 4.39 Å². The van der Waals surface area contributed by atoms with Crippen LogP contribution in [0, 0.1) is 5.82 Å². The van der Waals surface area contributed by atoms with Crippen molar-refractivity contribution in [3.63, 3.8) is 0 Å². The van der Waals surface area contributed by atoms with Gasteiger partial charge in [0.15, 0.2) is 0 Å². The topological polar surface area (TPSA) is 42.7 Å². The van der Waals surface area contributed by atoms with Gasteiger partial charge in [0, 0.05) is 32.0 Å². The Balaban J connectivity index is 1.79. The molecule has 106 valence electrons. The van der Waals surface area contributed by atoms with Crippen LogP contribution in [0.15, 0.2) is 30.6 Å². The second kappa shape index (κ2) is 5.71. The second-order valence-electron chi connectivity index (χ2n) is 5.40. The van der Waals surface area contributed by atoms with Gasteiger partial charge in [-0.2, -0.15) is 5.10 Å². The Hall–Kier alpha value is -1.75. The third kappa shape index (κ3) is 3.04. The molecule has 3 rings (SSSR count). The molecule has 1 fully saturated rings. The van der Waals surface area contributed by atoms with Crippen LogP contribution in [-0.4, -0.2) is 27.4 Å². The predicted octanol–water partition coefficient (Wildman–Crippen LogP) is 2.03. The molecule has 1 aliphatic carbocycles. The van der Waals surface area contributed by atoms with Crippen molar-refractivity contribution in [2.75, 3.05) is 6.54 Å². The Labute approximate surface area is 118 Å². The fraction of sp³-hybridized carbons (Fsp3) is 0.467. The molecule has 1 N–H and O–H groups in total. The van der Waals surface area contributed by atoms with Crippen molar-refractivity contribution in [2.45, 2.75) is 31.2 Å². The van der Waals surface area contributed by atoms with Crippen molar-refractivity contribution in [1.82, 2.24) is 20.1 Å². The molecule has 1 saturated carbocycles. The van der Waals surface area contributed by atoms with E-state index in [9.17, 15) is 4.39 Å².